The smallest absolute Gasteiger partial charge is 0.0331 e. The fourth-order valence-electron chi connectivity index (χ4n) is 2.95. The van der Waals surface area contributed by atoms with Crippen molar-refractivity contribution in [3.05, 3.63) is 69.7 Å². The lowest BCUT2D eigenvalue weighted by Crippen LogP contribution is -2.23. The Morgan fingerprint density at radius 2 is 1.84 bits per heavy atom. The summed E-state index contributed by atoms with van der Waals surface area (Å²) in [6.07, 6.45) is 2.39. The first-order valence-corrected chi connectivity index (χ1v) is 7.63. The maximum absolute atomic E-state index is 3.76. The highest BCUT2D eigenvalue weighted by atomic mass is 79.9. The van der Waals surface area contributed by atoms with E-state index in [-0.39, 0.29) is 0 Å². The van der Waals surface area contributed by atoms with Crippen molar-refractivity contribution < 1.29 is 0 Å². The molecule has 3 rings (SSSR count). The summed E-state index contributed by atoms with van der Waals surface area (Å²) in [7, 11) is 0. The van der Waals surface area contributed by atoms with Crippen LogP contribution in [0.15, 0.2) is 53.0 Å². The summed E-state index contributed by atoms with van der Waals surface area (Å²) in [6.45, 7) is 2.24. The summed E-state index contributed by atoms with van der Waals surface area (Å²) in [5.74, 6) is 0. The van der Waals surface area contributed by atoms with Crippen LogP contribution in [-0.2, 0) is 6.42 Å². The van der Waals surface area contributed by atoms with Crippen LogP contribution in [0.1, 0.15) is 42.1 Å². The molecule has 2 heteroatoms. The predicted octanol–water partition coefficient (Wildman–Crippen LogP) is 4.79. The van der Waals surface area contributed by atoms with E-state index >= 15 is 0 Å². The van der Waals surface area contributed by atoms with E-state index in [1.165, 1.54) is 34.0 Å². The predicted molar refractivity (Wildman–Crippen MR) is 83.2 cm³/mol. The lowest BCUT2D eigenvalue weighted by atomic mass is 10.0. The van der Waals surface area contributed by atoms with E-state index in [1.54, 1.807) is 0 Å². The van der Waals surface area contributed by atoms with Crippen molar-refractivity contribution in [2.24, 2.45) is 0 Å². The van der Waals surface area contributed by atoms with Crippen molar-refractivity contribution in [3.63, 3.8) is 0 Å². The van der Waals surface area contributed by atoms with E-state index < -0.39 is 0 Å². The highest BCUT2D eigenvalue weighted by molar-refractivity contribution is 9.10. The molecular formula is C17H18BrN. The second kappa shape index (κ2) is 5.48. The molecule has 0 spiro atoms. The van der Waals surface area contributed by atoms with E-state index in [2.05, 4.69) is 76.7 Å². The van der Waals surface area contributed by atoms with Crippen molar-refractivity contribution in [1.82, 2.24) is 5.32 Å². The summed E-state index contributed by atoms with van der Waals surface area (Å²) in [5.41, 5.74) is 4.30. The molecule has 0 saturated carbocycles. The molecule has 98 valence electrons. The largest absolute Gasteiger partial charge is 0.303 e. The number of rotatable bonds is 3. The Balaban J connectivity index is 1.78. The zero-order chi connectivity index (χ0) is 13.2. The van der Waals surface area contributed by atoms with Crippen molar-refractivity contribution >= 4 is 15.9 Å². The van der Waals surface area contributed by atoms with Gasteiger partial charge in [-0.25, -0.2) is 0 Å². The van der Waals surface area contributed by atoms with Gasteiger partial charge in [0.05, 0.1) is 0 Å². The Labute approximate surface area is 123 Å². The van der Waals surface area contributed by atoms with Crippen LogP contribution in [0, 0.1) is 0 Å². The second-order valence-electron chi connectivity index (χ2n) is 5.20. The summed E-state index contributed by atoms with van der Waals surface area (Å²) in [5, 5.41) is 3.76. The normalized spacial score (nSPS) is 19.2. The first kappa shape index (κ1) is 12.9. The molecule has 0 aromatic heterocycles. The third-order valence-corrected chi connectivity index (χ3v) is 4.68. The molecule has 0 aliphatic heterocycles. The van der Waals surface area contributed by atoms with Crippen LogP contribution >= 0.6 is 15.9 Å². The van der Waals surface area contributed by atoms with Gasteiger partial charge in [-0.1, -0.05) is 58.4 Å². The molecule has 2 aromatic carbocycles. The molecule has 1 aliphatic carbocycles. The molecule has 1 N–H and O–H groups in total. The number of halogens is 1. The average molecular weight is 316 g/mol. The molecule has 0 fully saturated rings. The minimum absolute atomic E-state index is 0.353. The van der Waals surface area contributed by atoms with Crippen LogP contribution in [0.2, 0.25) is 0 Å². The number of aryl methyl sites for hydroxylation is 1. The average Bonchev–Trinajstić information content (AvgIpc) is 2.83. The summed E-state index contributed by atoms with van der Waals surface area (Å²) < 4.78 is 1.18. The van der Waals surface area contributed by atoms with Crippen LogP contribution in [0.4, 0.5) is 0 Å². The third-order valence-electron chi connectivity index (χ3n) is 3.96. The minimum atomic E-state index is 0.353. The lowest BCUT2D eigenvalue weighted by molar-refractivity contribution is 0.464. The Morgan fingerprint density at radius 1 is 1.11 bits per heavy atom. The molecule has 19 heavy (non-hydrogen) atoms. The minimum Gasteiger partial charge on any atom is -0.303 e. The van der Waals surface area contributed by atoms with Crippen LogP contribution in [-0.4, -0.2) is 0 Å². The first-order chi connectivity index (χ1) is 9.25. The topological polar surface area (TPSA) is 12.0 Å². The van der Waals surface area contributed by atoms with Gasteiger partial charge in [0.2, 0.25) is 0 Å². The molecule has 0 bridgehead atoms. The Bertz CT molecular complexity index is 579. The molecule has 2 atom stereocenters. The monoisotopic (exact) mass is 315 g/mol. The van der Waals surface area contributed by atoms with Gasteiger partial charge in [-0.2, -0.15) is 0 Å². The summed E-state index contributed by atoms with van der Waals surface area (Å²) in [4.78, 5) is 0. The maximum Gasteiger partial charge on any atom is 0.0331 e. The molecule has 0 amide bonds. The molecule has 0 saturated heterocycles. The number of hydrogen-bond donors (Lipinski definition) is 1. The third kappa shape index (κ3) is 2.60. The van der Waals surface area contributed by atoms with Crippen molar-refractivity contribution in [2.75, 3.05) is 0 Å². The van der Waals surface area contributed by atoms with Gasteiger partial charge in [0.15, 0.2) is 0 Å². The lowest BCUT2D eigenvalue weighted by Gasteiger charge is -2.21. The van der Waals surface area contributed by atoms with Crippen LogP contribution < -0.4 is 5.32 Å². The van der Waals surface area contributed by atoms with Gasteiger partial charge in [-0.15, -0.1) is 0 Å². The molecule has 0 radical (unpaired) electrons. The molecule has 1 aliphatic rings. The highest BCUT2D eigenvalue weighted by Gasteiger charge is 2.23. The Kier molecular flexibility index (Phi) is 3.72. The van der Waals surface area contributed by atoms with Crippen LogP contribution in [0.5, 0.6) is 0 Å². The number of benzene rings is 2. The van der Waals surface area contributed by atoms with Crippen molar-refractivity contribution in [3.8, 4) is 0 Å². The van der Waals surface area contributed by atoms with Gasteiger partial charge < -0.3 is 5.32 Å². The van der Waals surface area contributed by atoms with E-state index in [4.69, 9.17) is 0 Å². The van der Waals surface area contributed by atoms with E-state index in [0.717, 1.165) is 0 Å². The van der Waals surface area contributed by atoms with Gasteiger partial charge in [0, 0.05) is 16.6 Å². The molecule has 2 unspecified atom stereocenters. The summed E-state index contributed by atoms with van der Waals surface area (Å²) in [6, 6.07) is 18.1. The van der Waals surface area contributed by atoms with Gasteiger partial charge in [-0.3, -0.25) is 0 Å². The molecular weight excluding hydrogens is 298 g/mol. The second-order valence-corrected chi connectivity index (χ2v) is 6.05. The van der Waals surface area contributed by atoms with Crippen LogP contribution in [0.3, 0.4) is 0 Å². The van der Waals surface area contributed by atoms with Crippen LogP contribution in [0.25, 0.3) is 0 Å². The van der Waals surface area contributed by atoms with Gasteiger partial charge >= 0.3 is 0 Å². The SMILES string of the molecule is CC(NC1CCc2ccccc21)c1ccccc1Br. The van der Waals surface area contributed by atoms with E-state index in [1.807, 2.05) is 0 Å². The fraction of sp³-hybridized carbons (Fsp3) is 0.294. The number of hydrogen-bond acceptors (Lipinski definition) is 1. The first-order valence-electron chi connectivity index (χ1n) is 6.84. The standard InChI is InChI=1S/C17H18BrN/c1-12(14-7-4-5-9-16(14)18)19-17-11-10-13-6-2-3-8-15(13)17/h2-9,12,17,19H,10-11H2,1H3. The highest BCUT2D eigenvalue weighted by Crippen LogP contribution is 2.33. The molecule has 2 aromatic rings. The Hall–Kier alpha value is -1.12. The van der Waals surface area contributed by atoms with Gasteiger partial charge in [-0.05, 0) is 42.5 Å². The zero-order valence-electron chi connectivity index (χ0n) is 11.1. The molecule has 0 heterocycles. The van der Waals surface area contributed by atoms with E-state index in [9.17, 15) is 0 Å². The fourth-order valence-corrected chi connectivity index (χ4v) is 3.58. The number of nitrogens with one attached hydrogen (secondary N) is 1. The Morgan fingerprint density at radius 3 is 2.68 bits per heavy atom. The van der Waals surface area contributed by atoms with Crippen molar-refractivity contribution in [2.45, 2.75) is 31.8 Å². The van der Waals surface area contributed by atoms with Crippen molar-refractivity contribution in [1.29, 1.82) is 0 Å². The summed E-state index contributed by atoms with van der Waals surface area (Å²) >= 11 is 3.64. The van der Waals surface area contributed by atoms with E-state index in [0.29, 0.717) is 12.1 Å². The van der Waals surface area contributed by atoms with Gasteiger partial charge in [0.25, 0.3) is 0 Å². The molecule has 1 nitrogen and oxygen atoms in total. The number of fused-ring (bicyclic) bond motifs is 1. The van der Waals surface area contributed by atoms with Gasteiger partial charge in [0.1, 0.15) is 0 Å². The maximum atomic E-state index is 3.76. The zero-order valence-corrected chi connectivity index (χ0v) is 12.7. The quantitative estimate of drug-likeness (QED) is 0.859.